The number of benzene rings is 2. The Kier molecular flexibility index (Phi) is 7.27. The van der Waals surface area contributed by atoms with Gasteiger partial charge in [0.2, 0.25) is 0 Å². The van der Waals surface area contributed by atoms with E-state index >= 15 is 0 Å². The van der Waals surface area contributed by atoms with E-state index in [1.165, 1.54) is 24.7 Å². The Morgan fingerprint density at radius 3 is 2.34 bits per heavy atom. The van der Waals surface area contributed by atoms with Crippen molar-refractivity contribution in [3.8, 4) is 0 Å². The summed E-state index contributed by atoms with van der Waals surface area (Å²) in [6.07, 6.45) is -0.154. The second-order valence-corrected chi connectivity index (χ2v) is 7.56. The van der Waals surface area contributed by atoms with Crippen LogP contribution in [-0.4, -0.2) is 21.0 Å². The predicted molar refractivity (Wildman–Crippen MR) is 119 cm³/mol. The van der Waals surface area contributed by atoms with Crippen molar-refractivity contribution in [1.82, 2.24) is 14.5 Å². The van der Waals surface area contributed by atoms with E-state index in [2.05, 4.69) is 5.32 Å². The molecule has 0 aliphatic heterocycles. The molecule has 0 radical (unpaired) electrons. The van der Waals surface area contributed by atoms with E-state index in [0.717, 1.165) is 4.57 Å². The first kappa shape index (κ1) is 23.0. The van der Waals surface area contributed by atoms with Crippen molar-refractivity contribution in [3.05, 3.63) is 103 Å². The Hall–Kier alpha value is -3.65. The van der Waals surface area contributed by atoms with Crippen molar-refractivity contribution in [2.45, 2.75) is 19.1 Å². The van der Waals surface area contributed by atoms with Crippen molar-refractivity contribution in [2.75, 3.05) is 0 Å². The Labute approximate surface area is 189 Å². The van der Waals surface area contributed by atoms with Gasteiger partial charge in [0.1, 0.15) is 6.61 Å². The van der Waals surface area contributed by atoms with Crippen molar-refractivity contribution in [1.29, 1.82) is 0 Å². The molecular formula is C23H22ClN3O5. The molecule has 0 aliphatic rings. The number of carbonyl (C=O) groups excluding carboxylic acids is 2. The third kappa shape index (κ3) is 5.33. The average molecular weight is 456 g/mol. The highest BCUT2D eigenvalue weighted by molar-refractivity contribution is 6.33. The van der Waals surface area contributed by atoms with Crippen molar-refractivity contribution >= 4 is 23.5 Å². The molecule has 1 amide bonds. The van der Waals surface area contributed by atoms with Crippen LogP contribution in [0.15, 0.2) is 70.3 Å². The SMILES string of the molecule is Cn1c(COC(=O)C[C@H](NC(=O)c2ccccc2Cl)c2ccccc2)cc(=O)n(C)c1=O. The summed E-state index contributed by atoms with van der Waals surface area (Å²) in [5.41, 5.74) is 0.262. The van der Waals surface area contributed by atoms with E-state index in [1.807, 2.05) is 6.07 Å². The third-order valence-electron chi connectivity index (χ3n) is 5.00. The number of aromatic nitrogens is 2. The van der Waals surface area contributed by atoms with Crippen LogP contribution >= 0.6 is 11.6 Å². The molecule has 3 aromatic rings. The largest absolute Gasteiger partial charge is 0.459 e. The summed E-state index contributed by atoms with van der Waals surface area (Å²) in [6.45, 7) is -0.249. The normalized spacial score (nSPS) is 11.6. The smallest absolute Gasteiger partial charge is 0.330 e. The van der Waals surface area contributed by atoms with Crippen LogP contribution in [0.2, 0.25) is 5.02 Å². The van der Waals surface area contributed by atoms with Crippen LogP contribution < -0.4 is 16.6 Å². The molecule has 0 aliphatic carbocycles. The summed E-state index contributed by atoms with van der Waals surface area (Å²) >= 11 is 6.12. The van der Waals surface area contributed by atoms with Crippen molar-refractivity contribution in [2.24, 2.45) is 14.1 Å². The van der Waals surface area contributed by atoms with E-state index in [0.29, 0.717) is 16.1 Å². The van der Waals surface area contributed by atoms with Crippen LogP contribution in [0.25, 0.3) is 0 Å². The molecule has 8 nitrogen and oxygen atoms in total. The lowest BCUT2D eigenvalue weighted by Crippen LogP contribution is -2.38. The van der Waals surface area contributed by atoms with Gasteiger partial charge in [-0.15, -0.1) is 0 Å². The van der Waals surface area contributed by atoms with Crippen molar-refractivity contribution in [3.63, 3.8) is 0 Å². The fraction of sp³-hybridized carbons (Fsp3) is 0.217. The molecule has 0 bridgehead atoms. The quantitative estimate of drug-likeness (QED) is 0.551. The average Bonchev–Trinajstić information content (AvgIpc) is 2.79. The fourth-order valence-corrected chi connectivity index (χ4v) is 3.34. The van der Waals surface area contributed by atoms with E-state index in [-0.39, 0.29) is 18.7 Å². The first-order chi connectivity index (χ1) is 15.3. The lowest BCUT2D eigenvalue weighted by Gasteiger charge is -2.19. The molecule has 0 spiro atoms. The molecule has 1 aromatic heterocycles. The highest BCUT2D eigenvalue weighted by Gasteiger charge is 2.21. The van der Waals surface area contributed by atoms with Crippen LogP contribution in [0.5, 0.6) is 0 Å². The lowest BCUT2D eigenvalue weighted by atomic mass is 10.0. The molecule has 32 heavy (non-hydrogen) atoms. The number of rotatable bonds is 7. The topological polar surface area (TPSA) is 99.4 Å². The van der Waals surface area contributed by atoms with Gasteiger partial charge in [0, 0.05) is 20.2 Å². The highest BCUT2D eigenvalue weighted by Crippen LogP contribution is 2.21. The summed E-state index contributed by atoms with van der Waals surface area (Å²) in [5.74, 6) is -1.03. The van der Waals surface area contributed by atoms with E-state index in [4.69, 9.17) is 16.3 Å². The minimum absolute atomic E-state index is 0.154. The molecule has 1 N–H and O–H groups in total. The maximum Gasteiger partial charge on any atom is 0.330 e. The molecule has 166 valence electrons. The van der Waals surface area contributed by atoms with Gasteiger partial charge in [0.15, 0.2) is 0 Å². The van der Waals surface area contributed by atoms with Crippen molar-refractivity contribution < 1.29 is 14.3 Å². The third-order valence-corrected chi connectivity index (χ3v) is 5.33. The molecule has 0 unspecified atom stereocenters. The number of hydrogen-bond donors (Lipinski definition) is 1. The number of hydrogen-bond acceptors (Lipinski definition) is 5. The molecule has 0 fully saturated rings. The summed E-state index contributed by atoms with van der Waals surface area (Å²) in [5, 5.41) is 3.12. The fourth-order valence-electron chi connectivity index (χ4n) is 3.12. The van der Waals surface area contributed by atoms with Crippen LogP contribution in [0.4, 0.5) is 0 Å². The molecule has 1 atom stereocenters. The highest BCUT2D eigenvalue weighted by atomic mass is 35.5. The van der Waals surface area contributed by atoms with E-state index < -0.39 is 29.2 Å². The summed E-state index contributed by atoms with van der Waals surface area (Å²) in [7, 11) is 2.86. The first-order valence-corrected chi connectivity index (χ1v) is 10.2. The van der Waals surface area contributed by atoms with Gasteiger partial charge in [-0.3, -0.25) is 23.5 Å². The van der Waals surface area contributed by atoms with Gasteiger partial charge in [-0.1, -0.05) is 54.1 Å². The number of halogens is 1. The maximum atomic E-state index is 12.7. The Balaban J connectivity index is 1.75. The summed E-state index contributed by atoms with van der Waals surface area (Å²) in [4.78, 5) is 49.2. The number of nitrogens with one attached hydrogen (secondary N) is 1. The predicted octanol–water partition coefficient (Wildman–Crippen LogP) is 2.34. The number of ether oxygens (including phenoxy) is 1. The van der Waals surface area contributed by atoms with Gasteiger partial charge in [0.25, 0.3) is 11.5 Å². The zero-order valence-corrected chi connectivity index (χ0v) is 18.3. The second kappa shape index (κ2) is 10.1. The van der Waals surface area contributed by atoms with Crippen LogP contribution in [0, 0.1) is 0 Å². The molecule has 0 saturated carbocycles. The lowest BCUT2D eigenvalue weighted by molar-refractivity contribution is -0.145. The molecule has 3 rings (SSSR count). The van der Waals surface area contributed by atoms with Gasteiger partial charge in [-0.05, 0) is 17.7 Å². The van der Waals surface area contributed by atoms with Crippen LogP contribution in [-0.2, 0) is 30.2 Å². The maximum absolute atomic E-state index is 12.7. The minimum atomic E-state index is -0.667. The Morgan fingerprint density at radius 2 is 1.66 bits per heavy atom. The van der Waals surface area contributed by atoms with E-state index in [1.54, 1.807) is 48.5 Å². The number of carbonyl (C=O) groups is 2. The van der Waals surface area contributed by atoms with Gasteiger partial charge in [0.05, 0.1) is 28.7 Å². The second-order valence-electron chi connectivity index (χ2n) is 7.16. The molecule has 2 aromatic carbocycles. The number of amides is 1. The van der Waals surface area contributed by atoms with Gasteiger partial charge in [-0.2, -0.15) is 0 Å². The van der Waals surface area contributed by atoms with E-state index in [9.17, 15) is 19.2 Å². The minimum Gasteiger partial charge on any atom is -0.459 e. The Bertz CT molecular complexity index is 1250. The summed E-state index contributed by atoms with van der Waals surface area (Å²) < 4.78 is 7.50. The zero-order valence-electron chi connectivity index (χ0n) is 17.6. The Morgan fingerprint density at radius 1 is 1.00 bits per heavy atom. The molecule has 1 heterocycles. The monoisotopic (exact) mass is 455 g/mol. The first-order valence-electron chi connectivity index (χ1n) is 9.80. The zero-order chi connectivity index (χ0) is 23.3. The number of esters is 1. The van der Waals surface area contributed by atoms with Gasteiger partial charge in [-0.25, -0.2) is 4.79 Å². The van der Waals surface area contributed by atoms with Gasteiger partial charge < -0.3 is 10.1 Å². The van der Waals surface area contributed by atoms with Crippen LogP contribution in [0.3, 0.4) is 0 Å². The molecule has 9 heteroatoms. The molecular weight excluding hydrogens is 434 g/mol. The molecule has 0 saturated heterocycles. The number of nitrogens with zero attached hydrogens (tertiary/aromatic N) is 2. The van der Waals surface area contributed by atoms with Gasteiger partial charge >= 0.3 is 11.7 Å². The summed E-state index contributed by atoms with van der Waals surface area (Å²) in [6, 6.07) is 16.2. The van der Waals surface area contributed by atoms with Crippen LogP contribution in [0.1, 0.15) is 34.1 Å². The standard InChI is InChI=1S/C23H22ClN3O5/c1-26-16(12-20(28)27(2)23(26)31)14-32-21(29)13-19(15-8-4-3-5-9-15)25-22(30)17-10-6-7-11-18(17)24/h3-12,19H,13-14H2,1-2H3,(H,25,30)/t19-/m0/s1.